The van der Waals surface area contributed by atoms with Crippen molar-refractivity contribution >= 4 is 28.2 Å². The number of rotatable bonds is 7. The molecule has 3 aromatic rings. The molecule has 0 spiro atoms. The molecule has 0 unspecified atom stereocenters. The third-order valence-electron chi connectivity index (χ3n) is 5.96. The molecule has 2 heterocycles. The van der Waals surface area contributed by atoms with E-state index in [1.807, 2.05) is 43.3 Å². The quantitative estimate of drug-likeness (QED) is 0.547. The Hall–Kier alpha value is -3.48. The topological polar surface area (TPSA) is 83.7 Å². The van der Waals surface area contributed by atoms with Crippen LogP contribution in [0.15, 0.2) is 53.3 Å². The predicted molar refractivity (Wildman–Crippen MR) is 126 cm³/mol. The van der Waals surface area contributed by atoms with Gasteiger partial charge in [0.05, 0.1) is 25.2 Å². The molecule has 0 radical (unpaired) electrons. The first-order valence-corrected chi connectivity index (χ1v) is 11.0. The molecule has 0 aliphatic carbocycles. The largest absolute Gasteiger partial charge is 0.497 e. The number of anilines is 2. The monoisotopic (exact) mass is 435 g/mol. The van der Waals surface area contributed by atoms with E-state index < -0.39 is 0 Å². The van der Waals surface area contributed by atoms with Gasteiger partial charge >= 0.3 is 5.97 Å². The second-order valence-corrected chi connectivity index (χ2v) is 7.99. The van der Waals surface area contributed by atoms with E-state index >= 15 is 0 Å². The minimum Gasteiger partial charge on any atom is -0.497 e. The number of nitrogens with one attached hydrogen (secondary N) is 2. The Balaban J connectivity index is 1.36. The summed E-state index contributed by atoms with van der Waals surface area (Å²) in [5.41, 5.74) is 3.40. The third kappa shape index (κ3) is 4.88. The minimum atomic E-state index is -0.112. The molecule has 1 aliphatic rings. The molecular formula is C25H29N3O4. The summed E-state index contributed by atoms with van der Waals surface area (Å²) in [6, 6.07) is 15.7. The van der Waals surface area contributed by atoms with E-state index in [1.54, 1.807) is 7.11 Å². The molecule has 1 saturated heterocycles. The second-order valence-electron chi connectivity index (χ2n) is 7.99. The third-order valence-corrected chi connectivity index (χ3v) is 5.96. The van der Waals surface area contributed by atoms with Gasteiger partial charge in [-0.15, -0.1) is 0 Å². The molecule has 168 valence electrons. The number of aromatic nitrogens is 1. The van der Waals surface area contributed by atoms with Crippen molar-refractivity contribution in [2.75, 3.05) is 37.0 Å². The van der Waals surface area contributed by atoms with E-state index in [1.165, 1.54) is 0 Å². The lowest BCUT2D eigenvalue weighted by atomic mass is 9.96. The van der Waals surface area contributed by atoms with Gasteiger partial charge in [-0.25, -0.2) is 0 Å². The summed E-state index contributed by atoms with van der Waals surface area (Å²) < 4.78 is 10.4. The van der Waals surface area contributed by atoms with Gasteiger partial charge in [0.1, 0.15) is 5.75 Å². The number of aromatic amines is 1. The van der Waals surface area contributed by atoms with Crippen LogP contribution in [-0.4, -0.2) is 37.8 Å². The van der Waals surface area contributed by atoms with Crippen LogP contribution in [0.4, 0.5) is 11.4 Å². The van der Waals surface area contributed by atoms with Crippen LogP contribution in [0.5, 0.6) is 5.75 Å². The summed E-state index contributed by atoms with van der Waals surface area (Å²) in [4.78, 5) is 29.6. The number of hydrogen-bond donors (Lipinski definition) is 2. The molecule has 2 aromatic carbocycles. The van der Waals surface area contributed by atoms with Crippen molar-refractivity contribution in [2.24, 2.45) is 5.92 Å². The molecule has 4 rings (SSSR count). The number of esters is 1. The number of H-pyrrole nitrogens is 1. The Morgan fingerprint density at radius 1 is 1.12 bits per heavy atom. The number of carbonyl (C=O) groups excluding carboxylic acids is 1. The van der Waals surface area contributed by atoms with Crippen molar-refractivity contribution < 1.29 is 14.3 Å². The smallest absolute Gasteiger partial charge is 0.309 e. The standard InChI is InChI=1S/C25H29N3O4/c1-3-32-25(30)17-10-12-28(13-11-17)21-7-5-20(6-8-21)26-16-19-14-18-4-9-22(31-2)15-23(18)27-24(19)29/h4-9,14-15,17,26H,3,10-13,16H2,1-2H3,(H,27,29). The van der Waals surface area contributed by atoms with Crippen LogP contribution in [0.25, 0.3) is 10.9 Å². The van der Waals surface area contributed by atoms with Crippen LogP contribution >= 0.6 is 0 Å². The molecule has 1 aliphatic heterocycles. The molecule has 1 fully saturated rings. The normalized spacial score (nSPS) is 14.4. The number of pyridine rings is 1. The summed E-state index contributed by atoms with van der Waals surface area (Å²) in [5.74, 6) is 0.645. The summed E-state index contributed by atoms with van der Waals surface area (Å²) >= 11 is 0. The maximum Gasteiger partial charge on any atom is 0.309 e. The maximum absolute atomic E-state index is 12.5. The molecule has 2 N–H and O–H groups in total. The molecule has 7 heteroatoms. The van der Waals surface area contributed by atoms with Crippen molar-refractivity contribution in [3.63, 3.8) is 0 Å². The van der Waals surface area contributed by atoms with E-state index in [0.29, 0.717) is 24.5 Å². The van der Waals surface area contributed by atoms with Gasteiger partial charge in [-0.1, -0.05) is 0 Å². The molecule has 7 nitrogen and oxygen atoms in total. The summed E-state index contributed by atoms with van der Waals surface area (Å²) in [7, 11) is 1.61. The number of carbonyl (C=O) groups is 1. The summed E-state index contributed by atoms with van der Waals surface area (Å²) in [6.45, 7) is 4.39. The lowest BCUT2D eigenvalue weighted by Crippen LogP contribution is -2.36. The van der Waals surface area contributed by atoms with Crippen molar-refractivity contribution in [3.05, 3.63) is 64.4 Å². The van der Waals surface area contributed by atoms with Crippen LogP contribution in [0.2, 0.25) is 0 Å². The second kappa shape index (κ2) is 9.77. The van der Waals surface area contributed by atoms with Gasteiger partial charge < -0.3 is 24.7 Å². The van der Waals surface area contributed by atoms with Gasteiger partial charge in [0.2, 0.25) is 0 Å². The number of hydrogen-bond acceptors (Lipinski definition) is 6. The molecule has 1 aromatic heterocycles. The van der Waals surface area contributed by atoms with Crippen LogP contribution in [0, 0.1) is 5.92 Å². The van der Waals surface area contributed by atoms with Crippen molar-refractivity contribution in [1.29, 1.82) is 0 Å². The van der Waals surface area contributed by atoms with E-state index in [9.17, 15) is 9.59 Å². The average molecular weight is 436 g/mol. The highest BCUT2D eigenvalue weighted by Crippen LogP contribution is 2.25. The Bertz CT molecular complexity index is 1130. The summed E-state index contributed by atoms with van der Waals surface area (Å²) in [5, 5.41) is 4.29. The van der Waals surface area contributed by atoms with Gasteiger partial charge in [0.25, 0.3) is 5.56 Å². The Labute approximate surface area is 187 Å². The Kier molecular flexibility index (Phi) is 6.63. The lowest BCUT2D eigenvalue weighted by Gasteiger charge is -2.32. The molecule has 0 saturated carbocycles. The average Bonchev–Trinajstić information content (AvgIpc) is 2.83. The highest BCUT2D eigenvalue weighted by Gasteiger charge is 2.26. The fourth-order valence-electron chi connectivity index (χ4n) is 4.10. The van der Waals surface area contributed by atoms with Crippen molar-refractivity contribution in [2.45, 2.75) is 26.3 Å². The first-order valence-electron chi connectivity index (χ1n) is 11.0. The number of fused-ring (bicyclic) bond motifs is 1. The van der Waals surface area contributed by atoms with Gasteiger partial charge in [-0.3, -0.25) is 9.59 Å². The molecular weight excluding hydrogens is 406 g/mol. The van der Waals surface area contributed by atoms with Gasteiger partial charge in [-0.2, -0.15) is 0 Å². The predicted octanol–water partition coefficient (Wildman–Crippen LogP) is 3.93. The fraction of sp³-hybridized carbons (Fsp3) is 0.360. The highest BCUT2D eigenvalue weighted by atomic mass is 16.5. The number of benzene rings is 2. The van der Waals surface area contributed by atoms with E-state index in [0.717, 1.165) is 48.2 Å². The number of methoxy groups -OCH3 is 1. The molecule has 0 amide bonds. The zero-order chi connectivity index (χ0) is 22.5. The van der Waals surface area contributed by atoms with E-state index in [2.05, 4.69) is 27.3 Å². The van der Waals surface area contributed by atoms with Crippen LogP contribution in [-0.2, 0) is 16.1 Å². The summed E-state index contributed by atoms with van der Waals surface area (Å²) in [6.07, 6.45) is 1.63. The Morgan fingerprint density at radius 2 is 1.88 bits per heavy atom. The van der Waals surface area contributed by atoms with E-state index in [-0.39, 0.29) is 17.4 Å². The zero-order valence-corrected chi connectivity index (χ0v) is 18.5. The molecule has 0 atom stereocenters. The van der Waals surface area contributed by atoms with Crippen molar-refractivity contribution in [3.8, 4) is 5.75 Å². The van der Waals surface area contributed by atoms with Gasteiger partial charge in [0, 0.05) is 42.6 Å². The Morgan fingerprint density at radius 3 is 2.56 bits per heavy atom. The highest BCUT2D eigenvalue weighted by molar-refractivity contribution is 5.80. The van der Waals surface area contributed by atoms with Gasteiger partial charge in [-0.05, 0) is 67.6 Å². The van der Waals surface area contributed by atoms with E-state index in [4.69, 9.17) is 9.47 Å². The van der Waals surface area contributed by atoms with Crippen molar-refractivity contribution in [1.82, 2.24) is 4.98 Å². The van der Waals surface area contributed by atoms with Crippen LogP contribution in [0.3, 0.4) is 0 Å². The maximum atomic E-state index is 12.5. The molecule has 0 bridgehead atoms. The van der Waals surface area contributed by atoms with Crippen LogP contribution < -0.4 is 20.5 Å². The lowest BCUT2D eigenvalue weighted by molar-refractivity contribution is -0.148. The zero-order valence-electron chi connectivity index (χ0n) is 18.5. The van der Waals surface area contributed by atoms with Crippen LogP contribution in [0.1, 0.15) is 25.3 Å². The minimum absolute atomic E-state index is 0.00766. The number of ether oxygens (including phenoxy) is 2. The number of piperidine rings is 1. The van der Waals surface area contributed by atoms with Gasteiger partial charge in [0.15, 0.2) is 0 Å². The fourth-order valence-corrected chi connectivity index (χ4v) is 4.10. The number of nitrogens with zero attached hydrogens (tertiary/aromatic N) is 1. The molecule has 32 heavy (non-hydrogen) atoms. The first kappa shape index (κ1) is 21.7. The SMILES string of the molecule is CCOC(=O)C1CCN(c2ccc(NCc3cc4ccc(OC)cc4[nH]c3=O)cc2)CC1. The first-order chi connectivity index (χ1) is 15.6.